The molecule has 2 aromatic heterocycles. The molecule has 2 aromatic carbocycles. The van der Waals surface area contributed by atoms with Crippen LogP contribution in [0.25, 0.3) is 22.7 Å². The van der Waals surface area contributed by atoms with Gasteiger partial charge in [0.05, 0.1) is 12.7 Å². The molecular formula is C21H20FN7O. The zero-order valence-corrected chi connectivity index (χ0v) is 16.2. The van der Waals surface area contributed by atoms with E-state index in [1.54, 1.807) is 16.8 Å². The Labute approximate surface area is 172 Å². The lowest BCUT2D eigenvalue weighted by Crippen LogP contribution is -2.43. The second kappa shape index (κ2) is 8.03. The standard InChI is InChI=1S/C21H20FN7O/c22-19-11-16(21-26-24-14-30-21)4-5-17(19)12-29-13-20(25-27-29)15-2-1-3-18(10-15)28-8-6-23-7-9-28/h1-5,10-11,13-14,23H,6-9,12H2. The van der Waals surface area contributed by atoms with Gasteiger partial charge in [0.2, 0.25) is 12.3 Å². The van der Waals surface area contributed by atoms with Crippen molar-refractivity contribution in [1.82, 2.24) is 30.5 Å². The summed E-state index contributed by atoms with van der Waals surface area (Å²) in [5.74, 6) is -0.0729. The first-order chi connectivity index (χ1) is 14.8. The molecule has 1 N–H and O–H groups in total. The summed E-state index contributed by atoms with van der Waals surface area (Å²) in [6.45, 7) is 4.21. The van der Waals surface area contributed by atoms with Gasteiger partial charge in [-0.2, -0.15) is 0 Å². The zero-order valence-electron chi connectivity index (χ0n) is 16.2. The van der Waals surface area contributed by atoms with E-state index in [1.165, 1.54) is 18.1 Å². The monoisotopic (exact) mass is 405 g/mol. The quantitative estimate of drug-likeness (QED) is 0.546. The third kappa shape index (κ3) is 3.79. The molecule has 0 unspecified atom stereocenters. The Morgan fingerprint density at radius 2 is 1.93 bits per heavy atom. The molecule has 9 heteroatoms. The molecule has 3 heterocycles. The topological polar surface area (TPSA) is 84.9 Å². The van der Waals surface area contributed by atoms with Gasteiger partial charge in [0.15, 0.2) is 0 Å². The van der Waals surface area contributed by atoms with Gasteiger partial charge in [0.1, 0.15) is 11.5 Å². The molecule has 1 aliphatic rings. The number of piperazine rings is 1. The van der Waals surface area contributed by atoms with Crippen molar-refractivity contribution in [2.45, 2.75) is 6.54 Å². The van der Waals surface area contributed by atoms with Crippen molar-refractivity contribution in [3.8, 4) is 22.7 Å². The number of aromatic nitrogens is 5. The molecule has 0 aliphatic carbocycles. The maximum Gasteiger partial charge on any atom is 0.247 e. The van der Waals surface area contributed by atoms with Crippen molar-refractivity contribution in [1.29, 1.82) is 0 Å². The molecule has 1 fully saturated rings. The van der Waals surface area contributed by atoms with Crippen LogP contribution in [0.2, 0.25) is 0 Å². The van der Waals surface area contributed by atoms with Gasteiger partial charge in [-0.15, -0.1) is 15.3 Å². The Morgan fingerprint density at radius 3 is 2.73 bits per heavy atom. The van der Waals surface area contributed by atoms with Crippen LogP contribution in [-0.4, -0.2) is 51.4 Å². The van der Waals surface area contributed by atoms with E-state index in [0.717, 1.165) is 37.4 Å². The Bertz CT molecular complexity index is 1140. The van der Waals surface area contributed by atoms with Gasteiger partial charge in [-0.3, -0.25) is 0 Å². The van der Waals surface area contributed by atoms with Gasteiger partial charge in [-0.05, 0) is 24.3 Å². The highest BCUT2D eigenvalue weighted by Gasteiger charge is 2.13. The molecule has 1 aliphatic heterocycles. The molecule has 0 saturated carbocycles. The van der Waals surface area contributed by atoms with Gasteiger partial charge in [0.25, 0.3) is 0 Å². The SMILES string of the molecule is Fc1cc(-c2nnco2)ccc1Cn1cc(-c2cccc(N3CCNCC3)c2)nn1. The van der Waals surface area contributed by atoms with Crippen molar-refractivity contribution >= 4 is 5.69 Å². The molecule has 4 aromatic rings. The maximum atomic E-state index is 14.6. The predicted molar refractivity (Wildman–Crippen MR) is 109 cm³/mol. The van der Waals surface area contributed by atoms with Crippen molar-refractivity contribution in [3.05, 3.63) is 66.4 Å². The lowest BCUT2D eigenvalue weighted by atomic mass is 10.1. The van der Waals surface area contributed by atoms with Gasteiger partial charge >= 0.3 is 0 Å². The summed E-state index contributed by atoms with van der Waals surface area (Å²) in [7, 11) is 0. The highest BCUT2D eigenvalue weighted by molar-refractivity contribution is 5.65. The summed E-state index contributed by atoms with van der Waals surface area (Å²) in [5, 5.41) is 19.2. The number of anilines is 1. The molecular weight excluding hydrogens is 385 g/mol. The fraction of sp³-hybridized carbons (Fsp3) is 0.238. The van der Waals surface area contributed by atoms with Crippen LogP contribution in [0.15, 0.2) is 59.5 Å². The number of benzene rings is 2. The van der Waals surface area contributed by atoms with Gasteiger partial charge in [-0.1, -0.05) is 23.4 Å². The smallest absolute Gasteiger partial charge is 0.247 e. The minimum Gasteiger partial charge on any atom is -0.423 e. The summed E-state index contributed by atoms with van der Waals surface area (Å²) in [6, 6.07) is 13.1. The Kier molecular flexibility index (Phi) is 4.94. The second-order valence-corrected chi connectivity index (χ2v) is 7.14. The third-order valence-corrected chi connectivity index (χ3v) is 5.16. The van der Waals surface area contributed by atoms with E-state index in [9.17, 15) is 4.39 Å². The summed E-state index contributed by atoms with van der Waals surface area (Å²) >= 11 is 0. The summed E-state index contributed by atoms with van der Waals surface area (Å²) < 4.78 is 21.3. The molecule has 8 nitrogen and oxygen atoms in total. The average Bonchev–Trinajstić information content (AvgIpc) is 3.48. The molecule has 0 atom stereocenters. The number of hydrogen-bond acceptors (Lipinski definition) is 7. The van der Waals surface area contributed by atoms with E-state index >= 15 is 0 Å². The van der Waals surface area contributed by atoms with Crippen LogP contribution >= 0.6 is 0 Å². The van der Waals surface area contributed by atoms with Crippen LogP contribution in [-0.2, 0) is 6.54 Å². The van der Waals surface area contributed by atoms with E-state index in [4.69, 9.17) is 4.42 Å². The zero-order chi connectivity index (χ0) is 20.3. The molecule has 5 rings (SSSR count). The number of hydrogen-bond donors (Lipinski definition) is 1. The van der Waals surface area contributed by atoms with Crippen LogP contribution in [0.3, 0.4) is 0 Å². The fourth-order valence-electron chi connectivity index (χ4n) is 3.57. The second-order valence-electron chi connectivity index (χ2n) is 7.14. The minimum atomic E-state index is -0.358. The molecule has 30 heavy (non-hydrogen) atoms. The maximum absolute atomic E-state index is 14.6. The largest absolute Gasteiger partial charge is 0.423 e. The van der Waals surface area contributed by atoms with Gasteiger partial charge in [-0.25, -0.2) is 9.07 Å². The summed E-state index contributed by atoms with van der Waals surface area (Å²) in [5.41, 5.74) is 3.97. The van der Waals surface area contributed by atoms with Gasteiger partial charge < -0.3 is 14.6 Å². The Morgan fingerprint density at radius 1 is 1.03 bits per heavy atom. The van der Waals surface area contributed by atoms with Crippen LogP contribution in [0.1, 0.15) is 5.56 Å². The number of nitrogens with one attached hydrogen (secondary N) is 1. The van der Waals surface area contributed by atoms with Crippen LogP contribution in [0, 0.1) is 5.82 Å². The highest BCUT2D eigenvalue weighted by atomic mass is 19.1. The van der Waals surface area contributed by atoms with Crippen molar-refractivity contribution < 1.29 is 8.81 Å². The normalized spacial score (nSPS) is 14.2. The van der Waals surface area contributed by atoms with Crippen LogP contribution < -0.4 is 10.2 Å². The van der Waals surface area contributed by atoms with Crippen LogP contribution in [0.4, 0.5) is 10.1 Å². The first-order valence-electron chi connectivity index (χ1n) is 9.77. The van der Waals surface area contributed by atoms with E-state index in [0.29, 0.717) is 11.1 Å². The van der Waals surface area contributed by atoms with E-state index in [2.05, 4.69) is 42.9 Å². The van der Waals surface area contributed by atoms with Crippen molar-refractivity contribution in [3.63, 3.8) is 0 Å². The van der Waals surface area contributed by atoms with E-state index < -0.39 is 0 Å². The van der Waals surface area contributed by atoms with E-state index in [-0.39, 0.29) is 18.3 Å². The molecule has 152 valence electrons. The Hall–Kier alpha value is -3.59. The predicted octanol–water partition coefficient (Wildman–Crippen LogP) is 2.59. The van der Waals surface area contributed by atoms with Crippen LogP contribution in [0.5, 0.6) is 0 Å². The summed E-state index contributed by atoms with van der Waals surface area (Å²) in [4.78, 5) is 2.35. The summed E-state index contributed by atoms with van der Waals surface area (Å²) in [6.07, 6.45) is 3.05. The third-order valence-electron chi connectivity index (χ3n) is 5.16. The van der Waals surface area contributed by atoms with Crippen molar-refractivity contribution in [2.24, 2.45) is 0 Å². The minimum absolute atomic E-state index is 0.278. The first kappa shape index (κ1) is 18.4. The Balaban J connectivity index is 1.34. The molecule has 0 radical (unpaired) electrons. The number of nitrogens with zero attached hydrogens (tertiary/aromatic N) is 6. The van der Waals surface area contributed by atoms with Crippen molar-refractivity contribution in [2.75, 3.05) is 31.1 Å². The lowest BCUT2D eigenvalue weighted by molar-refractivity contribution is 0.562. The molecule has 0 spiro atoms. The number of halogens is 1. The highest BCUT2D eigenvalue weighted by Crippen LogP contribution is 2.24. The average molecular weight is 405 g/mol. The van der Waals surface area contributed by atoms with E-state index in [1.807, 2.05) is 18.3 Å². The molecule has 0 bridgehead atoms. The first-order valence-corrected chi connectivity index (χ1v) is 9.77. The molecule has 0 amide bonds. The van der Waals surface area contributed by atoms with Gasteiger partial charge in [0, 0.05) is 48.6 Å². The lowest BCUT2D eigenvalue weighted by Gasteiger charge is -2.29. The fourth-order valence-corrected chi connectivity index (χ4v) is 3.57. The number of rotatable bonds is 5. The molecule has 1 saturated heterocycles.